The molecule has 2 heterocycles. The molecule has 3 aromatic carbocycles. The molecule has 0 fully saturated rings. The number of hydrogen-bond acceptors (Lipinski definition) is 5. The number of methoxy groups -OCH3 is 2. The van der Waals surface area contributed by atoms with Crippen LogP contribution >= 0.6 is 0 Å². The monoisotopic (exact) mass is 482 g/mol. The molecule has 0 aliphatic carbocycles. The minimum absolute atomic E-state index is 0.0530. The number of aromatic nitrogens is 2. The number of fused-ring (bicyclic) bond motifs is 1. The van der Waals surface area contributed by atoms with Gasteiger partial charge in [0.1, 0.15) is 5.82 Å². The number of amides is 2. The topological polar surface area (TPSA) is 85.7 Å². The minimum atomic E-state index is -0.242. The van der Waals surface area contributed by atoms with E-state index in [0.717, 1.165) is 22.6 Å². The molecule has 0 radical (unpaired) electrons. The van der Waals surface area contributed by atoms with Gasteiger partial charge in [0.25, 0.3) is 5.91 Å². The number of rotatable bonds is 7. The van der Waals surface area contributed by atoms with Crippen LogP contribution in [0.2, 0.25) is 0 Å². The molecule has 1 N–H and O–H groups in total. The van der Waals surface area contributed by atoms with Crippen LogP contribution in [-0.2, 0) is 17.9 Å². The van der Waals surface area contributed by atoms with Gasteiger partial charge < -0.3 is 14.8 Å². The van der Waals surface area contributed by atoms with Gasteiger partial charge in [0.15, 0.2) is 11.5 Å². The minimum Gasteiger partial charge on any atom is -0.493 e. The lowest BCUT2D eigenvalue weighted by molar-refractivity contribution is -0.119. The van der Waals surface area contributed by atoms with Gasteiger partial charge in [-0.3, -0.25) is 14.5 Å². The molecule has 1 aliphatic heterocycles. The van der Waals surface area contributed by atoms with Crippen molar-refractivity contribution in [1.29, 1.82) is 0 Å². The molecule has 182 valence electrons. The Balaban J connectivity index is 1.30. The lowest BCUT2D eigenvalue weighted by Gasteiger charge is -2.27. The van der Waals surface area contributed by atoms with E-state index in [-0.39, 0.29) is 11.8 Å². The van der Waals surface area contributed by atoms with Crippen LogP contribution < -0.4 is 19.7 Å². The Bertz CT molecular complexity index is 1400. The number of carbonyl (C=O) groups is 2. The zero-order valence-electron chi connectivity index (χ0n) is 20.1. The first-order valence-electron chi connectivity index (χ1n) is 11.6. The summed E-state index contributed by atoms with van der Waals surface area (Å²) in [6.45, 7) is 0.961. The lowest BCUT2D eigenvalue weighted by atomic mass is 10.1. The van der Waals surface area contributed by atoms with E-state index in [1.165, 1.54) is 0 Å². The molecular weight excluding hydrogens is 456 g/mol. The Morgan fingerprint density at radius 1 is 0.944 bits per heavy atom. The van der Waals surface area contributed by atoms with Gasteiger partial charge in [0, 0.05) is 35.4 Å². The quantitative estimate of drug-likeness (QED) is 0.411. The summed E-state index contributed by atoms with van der Waals surface area (Å²) in [7, 11) is 3.11. The van der Waals surface area contributed by atoms with Crippen molar-refractivity contribution in [3.05, 3.63) is 90.0 Å². The zero-order chi connectivity index (χ0) is 25.1. The summed E-state index contributed by atoms with van der Waals surface area (Å²) in [6.07, 6.45) is 0.398. The van der Waals surface area contributed by atoms with Crippen molar-refractivity contribution >= 4 is 23.3 Å². The average Bonchev–Trinajstić information content (AvgIpc) is 3.36. The summed E-state index contributed by atoms with van der Waals surface area (Å²) in [5.74, 6) is 1.71. The summed E-state index contributed by atoms with van der Waals surface area (Å²) in [6, 6.07) is 24.3. The molecule has 4 aromatic rings. The van der Waals surface area contributed by atoms with Gasteiger partial charge in [-0.05, 0) is 29.8 Å². The third kappa shape index (κ3) is 4.65. The Kier molecular flexibility index (Phi) is 6.40. The number of ether oxygens (including phenoxy) is 2. The number of anilines is 2. The molecule has 36 heavy (non-hydrogen) atoms. The first-order chi connectivity index (χ1) is 17.6. The number of aryl methyl sites for hydroxylation is 1. The summed E-state index contributed by atoms with van der Waals surface area (Å²) in [4.78, 5) is 27.3. The predicted octanol–water partition coefficient (Wildman–Crippen LogP) is 4.76. The number of hydrogen-bond donors (Lipinski definition) is 1. The van der Waals surface area contributed by atoms with Crippen molar-refractivity contribution in [3.8, 4) is 22.8 Å². The van der Waals surface area contributed by atoms with Crippen LogP contribution in [0.1, 0.15) is 22.3 Å². The summed E-state index contributed by atoms with van der Waals surface area (Å²) < 4.78 is 12.4. The third-order valence-corrected chi connectivity index (χ3v) is 6.14. The van der Waals surface area contributed by atoms with Crippen LogP contribution in [0.4, 0.5) is 11.5 Å². The van der Waals surface area contributed by atoms with E-state index in [2.05, 4.69) is 5.32 Å². The van der Waals surface area contributed by atoms with Crippen LogP contribution in [0.15, 0.2) is 78.9 Å². The molecule has 5 rings (SSSR count). The molecule has 0 atom stereocenters. The molecule has 0 saturated heterocycles. The molecule has 8 heteroatoms. The van der Waals surface area contributed by atoms with E-state index in [1.807, 2.05) is 53.2 Å². The van der Waals surface area contributed by atoms with E-state index in [0.29, 0.717) is 42.3 Å². The summed E-state index contributed by atoms with van der Waals surface area (Å²) in [5.41, 5.74) is 3.88. The van der Waals surface area contributed by atoms with Gasteiger partial charge in [0.2, 0.25) is 5.91 Å². The zero-order valence-corrected chi connectivity index (χ0v) is 20.1. The van der Waals surface area contributed by atoms with Gasteiger partial charge in [-0.15, -0.1) is 0 Å². The van der Waals surface area contributed by atoms with E-state index in [4.69, 9.17) is 14.6 Å². The van der Waals surface area contributed by atoms with Crippen molar-refractivity contribution in [2.75, 3.05) is 24.4 Å². The average molecular weight is 483 g/mol. The number of nitrogens with zero attached hydrogens (tertiary/aromatic N) is 3. The van der Waals surface area contributed by atoms with Crippen LogP contribution in [0.5, 0.6) is 11.5 Å². The van der Waals surface area contributed by atoms with Crippen LogP contribution in [0, 0.1) is 0 Å². The fraction of sp³-hybridized carbons (Fsp3) is 0.179. The number of nitrogens with one attached hydrogen (secondary N) is 1. The van der Waals surface area contributed by atoms with Crippen LogP contribution in [-0.4, -0.2) is 35.8 Å². The first-order valence-corrected chi connectivity index (χ1v) is 11.6. The maximum Gasteiger partial charge on any atom is 0.255 e. The Morgan fingerprint density at radius 3 is 2.42 bits per heavy atom. The Hall–Kier alpha value is -4.59. The second-order valence-electron chi connectivity index (χ2n) is 8.43. The lowest BCUT2D eigenvalue weighted by Crippen LogP contribution is -2.36. The predicted molar refractivity (Wildman–Crippen MR) is 137 cm³/mol. The van der Waals surface area contributed by atoms with E-state index in [9.17, 15) is 9.59 Å². The van der Waals surface area contributed by atoms with Crippen LogP contribution in [0.3, 0.4) is 0 Å². The van der Waals surface area contributed by atoms with E-state index < -0.39 is 0 Å². The largest absolute Gasteiger partial charge is 0.493 e. The van der Waals surface area contributed by atoms with Gasteiger partial charge in [-0.1, -0.05) is 42.5 Å². The molecule has 0 unspecified atom stereocenters. The third-order valence-electron chi connectivity index (χ3n) is 6.14. The second-order valence-corrected chi connectivity index (χ2v) is 8.43. The smallest absolute Gasteiger partial charge is 0.255 e. The van der Waals surface area contributed by atoms with Crippen molar-refractivity contribution in [1.82, 2.24) is 9.78 Å². The second kappa shape index (κ2) is 9.95. The van der Waals surface area contributed by atoms with Crippen molar-refractivity contribution in [3.63, 3.8) is 0 Å². The molecule has 2 amide bonds. The first kappa shape index (κ1) is 23.2. The highest BCUT2D eigenvalue weighted by Gasteiger charge is 2.26. The molecule has 1 aromatic heterocycles. The maximum absolute atomic E-state index is 12.8. The van der Waals surface area contributed by atoms with Crippen LogP contribution in [0.25, 0.3) is 11.3 Å². The van der Waals surface area contributed by atoms with E-state index >= 15 is 0 Å². The van der Waals surface area contributed by atoms with E-state index in [1.54, 1.807) is 49.5 Å². The fourth-order valence-electron chi connectivity index (χ4n) is 4.23. The van der Waals surface area contributed by atoms with Crippen molar-refractivity contribution < 1.29 is 19.1 Å². The van der Waals surface area contributed by atoms with Crippen molar-refractivity contribution in [2.24, 2.45) is 0 Å². The molecule has 0 spiro atoms. The highest BCUT2D eigenvalue weighted by Crippen LogP contribution is 2.31. The molecular formula is C28H26N4O4. The maximum atomic E-state index is 12.8. The highest BCUT2D eigenvalue weighted by molar-refractivity contribution is 6.04. The molecule has 8 nitrogen and oxygen atoms in total. The van der Waals surface area contributed by atoms with Gasteiger partial charge in [0.05, 0.1) is 33.0 Å². The van der Waals surface area contributed by atoms with Gasteiger partial charge in [-0.25, -0.2) is 4.68 Å². The molecule has 0 bridgehead atoms. The van der Waals surface area contributed by atoms with Gasteiger partial charge in [-0.2, -0.15) is 5.10 Å². The molecule has 0 saturated carbocycles. The highest BCUT2D eigenvalue weighted by atomic mass is 16.5. The number of carbonyl (C=O) groups excluding carboxylic acids is 2. The Morgan fingerprint density at radius 2 is 1.69 bits per heavy atom. The SMILES string of the molecule is COc1ccc(NC(=O)c2ccc(CN3C(=O)CCn4nc(-c5ccccc5)cc43)cc2)cc1OC. The summed E-state index contributed by atoms with van der Waals surface area (Å²) in [5, 5.41) is 7.57. The van der Waals surface area contributed by atoms with Gasteiger partial charge >= 0.3 is 0 Å². The Labute approximate surface area is 209 Å². The standard InChI is InChI=1S/C28H26N4O4/c1-35-24-13-12-22(16-25(24)36-2)29-28(34)21-10-8-19(9-11-21)18-31-26-17-23(20-6-4-3-5-7-20)30-32(26)15-14-27(31)33/h3-13,16-17H,14-15,18H2,1-2H3,(H,29,34). The molecule has 1 aliphatic rings. The summed E-state index contributed by atoms with van der Waals surface area (Å²) >= 11 is 0. The van der Waals surface area contributed by atoms with Crippen molar-refractivity contribution in [2.45, 2.75) is 19.5 Å². The number of benzene rings is 3. The normalized spacial score (nSPS) is 12.7. The fourth-order valence-corrected chi connectivity index (χ4v) is 4.23.